The normalized spacial score (nSPS) is 14.9. The van der Waals surface area contributed by atoms with Gasteiger partial charge in [-0.15, -0.1) is 0 Å². The van der Waals surface area contributed by atoms with Crippen molar-refractivity contribution >= 4 is 39.9 Å². The van der Waals surface area contributed by atoms with E-state index < -0.39 is 0 Å². The van der Waals surface area contributed by atoms with E-state index in [4.69, 9.17) is 4.74 Å². The zero-order valence-corrected chi connectivity index (χ0v) is 20.5. The fourth-order valence-electron chi connectivity index (χ4n) is 4.39. The van der Waals surface area contributed by atoms with E-state index >= 15 is 0 Å². The molecule has 0 radical (unpaired) electrons. The van der Waals surface area contributed by atoms with Gasteiger partial charge >= 0.3 is 0 Å². The van der Waals surface area contributed by atoms with Crippen molar-refractivity contribution in [3.05, 3.63) is 106 Å². The van der Waals surface area contributed by atoms with Crippen molar-refractivity contribution in [2.75, 3.05) is 13.2 Å². The molecule has 176 valence electrons. The lowest BCUT2D eigenvalue weighted by molar-refractivity contribution is -0.123. The van der Waals surface area contributed by atoms with Crippen LogP contribution in [0.3, 0.4) is 0 Å². The van der Waals surface area contributed by atoms with Crippen molar-refractivity contribution in [2.45, 2.75) is 20.4 Å². The molecule has 1 saturated heterocycles. The average Bonchev–Trinajstić information content (AvgIpc) is 3.28. The number of amides is 2. The van der Waals surface area contributed by atoms with Crippen LogP contribution in [0.1, 0.15) is 22.4 Å². The number of carbonyl (C=O) groups is 2. The van der Waals surface area contributed by atoms with Crippen LogP contribution >= 0.6 is 11.8 Å². The van der Waals surface area contributed by atoms with Crippen LogP contribution in [0.4, 0.5) is 4.79 Å². The van der Waals surface area contributed by atoms with E-state index in [1.165, 1.54) is 10.5 Å². The summed E-state index contributed by atoms with van der Waals surface area (Å²) in [6.07, 6.45) is 1.87. The molecule has 0 atom stereocenters. The summed E-state index contributed by atoms with van der Waals surface area (Å²) in [7, 11) is 0. The Morgan fingerprint density at radius 2 is 1.69 bits per heavy atom. The Labute approximate surface area is 209 Å². The molecule has 4 aromatic rings. The van der Waals surface area contributed by atoms with Gasteiger partial charge in [0.25, 0.3) is 11.1 Å². The SMILES string of the molecule is Cc1cccc(OCCN2C(=O)S/C(=C\c3c(C)n(Cc4ccccc4)c4ccccc34)C2=O)c1. The number of benzene rings is 3. The third kappa shape index (κ3) is 4.75. The van der Waals surface area contributed by atoms with Crippen LogP contribution in [0, 0.1) is 13.8 Å². The molecule has 1 aliphatic rings. The monoisotopic (exact) mass is 482 g/mol. The van der Waals surface area contributed by atoms with Crippen LogP contribution in [-0.2, 0) is 11.3 Å². The summed E-state index contributed by atoms with van der Waals surface area (Å²) in [5, 5.41) is 0.801. The summed E-state index contributed by atoms with van der Waals surface area (Å²) in [5.74, 6) is 0.460. The molecule has 0 N–H and O–H groups in total. The molecule has 0 spiro atoms. The van der Waals surface area contributed by atoms with Gasteiger partial charge in [-0.25, -0.2) is 0 Å². The zero-order valence-electron chi connectivity index (χ0n) is 19.7. The van der Waals surface area contributed by atoms with E-state index in [1.54, 1.807) is 0 Å². The number of fused-ring (bicyclic) bond motifs is 1. The minimum atomic E-state index is -0.271. The van der Waals surface area contributed by atoms with E-state index in [-0.39, 0.29) is 24.3 Å². The lowest BCUT2D eigenvalue weighted by atomic mass is 10.1. The molecule has 1 fully saturated rings. The topological polar surface area (TPSA) is 51.5 Å². The van der Waals surface area contributed by atoms with Crippen LogP contribution in [0.15, 0.2) is 83.8 Å². The number of ether oxygens (including phenoxy) is 1. The number of rotatable bonds is 7. The summed E-state index contributed by atoms with van der Waals surface area (Å²) >= 11 is 0.990. The smallest absolute Gasteiger partial charge is 0.293 e. The predicted molar refractivity (Wildman–Crippen MR) is 142 cm³/mol. The molecule has 3 aromatic carbocycles. The largest absolute Gasteiger partial charge is 0.492 e. The Morgan fingerprint density at radius 1 is 0.914 bits per heavy atom. The minimum Gasteiger partial charge on any atom is -0.492 e. The number of thioether (sulfide) groups is 1. The first-order valence-electron chi connectivity index (χ1n) is 11.6. The minimum absolute atomic E-state index is 0.213. The van der Waals surface area contributed by atoms with Gasteiger partial charge in [0.2, 0.25) is 0 Å². The first-order valence-corrected chi connectivity index (χ1v) is 12.4. The number of para-hydroxylation sites is 1. The number of aryl methyl sites for hydroxylation is 1. The van der Waals surface area contributed by atoms with E-state index in [0.29, 0.717) is 4.91 Å². The quantitative estimate of drug-likeness (QED) is 0.285. The number of nitrogens with zero attached hydrogens (tertiary/aromatic N) is 2. The molecule has 1 aliphatic heterocycles. The highest BCUT2D eigenvalue weighted by atomic mass is 32.2. The van der Waals surface area contributed by atoms with Crippen molar-refractivity contribution in [3.63, 3.8) is 0 Å². The molecule has 2 amide bonds. The Bertz CT molecular complexity index is 1440. The van der Waals surface area contributed by atoms with Gasteiger partial charge in [0.1, 0.15) is 12.4 Å². The molecule has 6 heteroatoms. The van der Waals surface area contributed by atoms with Crippen molar-refractivity contribution in [1.29, 1.82) is 0 Å². The van der Waals surface area contributed by atoms with Crippen LogP contribution in [0.25, 0.3) is 17.0 Å². The number of carbonyl (C=O) groups excluding carboxylic acids is 2. The number of hydrogen-bond donors (Lipinski definition) is 0. The molecule has 0 unspecified atom stereocenters. The maximum absolute atomic E-state index is 13.1. The van der Waals surface area contributed by atoms with Gasteiger partial charge in [-0.3, -0.25) is 14.5 Å². The molecule has 35 heavy (non-hydrogen) atoms. The maximum atomic E-state index is 13.1. The number of aromatic nitrogens is 1. The van der Waals surface area contributed by atoms with Gasteiger partial charge in [0.15, 0.2) is 0 Å². The van der Waals surface area contributed by atoms with Gasteiger partial charge in [0, 0.05) is 28.7 Å². The fourth-order valence-corrected chi connectivity index (χ4v) is 5.24. The second kappa shape index (κ2) is 9.84. The van der Waals surface area contributed by atoms with E-state index in [1.807, 2.05) is 67.6 Å². The third-order valence-electron chi connectivity index (χ3n) is 6.19. The summed E-state index contributed by atoms with van der Waals surface area (Å²) in [6.45, 7) is 5.26. The number of imide groups is 1. The van der Waals surface area contributed by atoms with Crippen molar-refractivity contribution in [3.8, 4) is 5.75 Å². The van der Waals surface area contributed by atoms with Crippen LogP contribution in [-0.4, -0.2) is 33.8 Å². The Morgan fingerprint density at radius 3 is 2.49 bits per heavy atom. The molecule has 0 aliphatic carbocycles. The standard InChI is InChI=1S/C29H26N2O3S/c1-20-9-8-12-23(17-20)34-16-15-30-28(32)27(35-29(30)33)18-25-21(2)31(19-22-10-4-3-5-11-22)26-14-7-6-13-24(25)26/h3-14,17-18H,15-16,19H2,1-2H3/b27-18-. The lowest BCUT2D eigenvalue weighted by Crippen LogP contribution is -2.32. The Kier molecular flexibility index (Phi) is 6.47. The number of hydrogen-bond acceptors (Lipinski definition) is 4. The first-order chi connectivity index (χ1) is 17.0. The second-order valence-corrected chi connectivity index (χ2v) is 9.58. The molecule has 0 bridgehead atoms. The van der Waals surface area contributed by atoms with Crippen molar-refractivity contribution in [1.82, 2.24) is 9.47 Å². The van der Waals surface area contributed by atoms with Gasteiger partial charge < -0.3 is 9.30 Å². The summed E-state index contributed by atoms with van der Waals surface area (Å²) in [4.78, 5) is 27.5. The Balaban J connectivity index is 1.39. The van der Waals surface area contributed by atoms with Crippen molar-refractivity contribution < 1.29 is 14.3 Å². The van der Waals surface area contributed by atoms with Gasteiger partial charge in [-0.05, 0) is 61.0 Å². The van der Waals surface area contributed by atoms with Gasteiger partial charge in [-0.1, -0.05) is 60.7 Å². The third-order valence-corrected chi connectivity index (χ3v) is 7.09. The van der Waals surface area contributed by atoms with E-state index in [2.05, 4.69) is 35.8 Å². The van der Waals surface area contributed by atoms with Crippen LogP contribution in [0.5, 0.6) is 5.75 Å². The Hall–Kier alpha value is -3.77. The van der Waals surface area contributed by atoms with Gasteiger partial charge in [0.05, 0.1) is 11.4 Å². The van der Waals surface area contributed by atoms with Crippen LogP contribution < -0.4 is 4.74 Å². The average molecular weight is 483 g/mol. The maximum Gasteiger partial charge on any atom is 0.293 e. The highest BCUT2D eigenvalue weighted by Crippen LogP contribution is 2.35. The van der Waals surface area contributed by atoms with E-state index in [0.717, 1.165) is 51.8 Å². The van der Waals surface area contributed by atoms with Crippen molar-refractivity contribution in [2.24, 2.45) is 0 Å². The molecule has 5 nitrogen and oxygen atoms in total. The van der Waals surface area contributed by atoms with Gasteiger partial charge in [-0.2, -0.15) is 0 Å². The highest BCUT2D eigenvalue weighted by Gasteiger charge is 2.35. The molecule has 5 rings (SSSR count). The zero-order chi connectivity index (χ0) is 24.4. The molecule has 2 heterocycles. The lowest BCUT2D eigenvalue weighted by Gasteiger charge is -2.13. The fraction of sp³-hybridized carbons (Fsp3) is 0.172. The highest BCUT2D eigenvalue weighted by molar-refractivity contribution is 8.18. The second-order valence-electron chi connectivity index (χ2n) is 8.59. The molecular weight excluding hydrogens is 456 g/mol. The summed E-state index contributed by atoms with van der Waals surface area (Å²) in [6, 6.07) is 26.2. The molecule has 0 saturated carbocycles. The predicted octanol–water partition coefficient (Wildman–Crippen LogP) is 6.42. The summed E-state index contributed by atoms with van der Waals surface area (Å²) in [5.41, 5.74) is 5.43. The summed E-state index contributed by atoms with van der Waals surface area (Å²) < 4.78 is 8.02. The molecular formula is C29H26N2O3S. The van der Waals surface area contributed by atoms with Crippen LogP contribution in [0.2, 0.25) is 0 Å². The molecule has 1 aromatic heterocycles. The first kappa shape index (κ1) is 23.0. The van der Waals surface area contributed by atoms with E-state index in [9.17, 15) is 9.59 Å².